The highest BCUT2D eigenvalue weighted by Crippen LogP contribution is 2.25. The van der Waals surface area contributed by atoms with Crippen LogP contribution in [0, 0.1) is 0 Å². The smallest absolute Gasteiger partial charge is 0.234 e. The molecule has 0 fully saturated rings. The molecular weight excluding hydrogens is 420 g/mol. The average Bonchev–Trinajstić information content (AvgIpc) is 3.17. The van der Waals surface area contributed by atoms with Gasteiger partial charge in [-0.3, -0.25) is 4.79 Å². The van der Waals surface area contributed by atoms with Crippen LogP contribution >= 0.6 is 23.4 Å². The molecule has 2 aromatic carbocycles. The second-order valence-electron chi connectivity index (χ2n) is 6.69. The van der Waals surface area contributed by atoms with Crippen molar-refractivity contribution in [2.75, 3.05) is 11.1 Å². The largest absolute Gasteiger partial charge is 0.483 e. The van der Waals surface area contributed by atoms with Gasteiger partial charge in [-0.1, -0.05) is 42.4 Å². The molecule has 0 radical (unpaired) electrons. The van der Waals surface area contributed by atoms with E-state index in [-0.39, 0.29) is 17.8 Å². The molecule has 8 heteroatoms. The molecular formula is C22H25ClN4O2S. The number of rotatable bonds is 9. The van der Waals surface area contributed by atoms with E-state index in [0.717, 1.165) is 18.0 Å². The fourth-order valence-electron chi connectivity index (χ4n) is 2.93. The fraction of sp³-hybridized carbons (Fsp3) is 0.318. The molecule has 0 aliphatic rings. The van der Waals surface area contributed by atoms with E-state index in [1.54, 1.807) is 24.3 Å². The first-order chi connectivity index (χ1) is 14.5. The summed E-state index contributed by atoms with van der Waals surface area (Å²) in [6.45, 7) is 6.78. The molecule has 1 atom stereocenters. The Morgan fingerprint density at radius 2 is 1.83 bits per heavy atom. The van der Waals surface area contributed by atoms with Crippen molar-refractivity contribution in [3.8, 4) is 5.75 Å². The first-order valence-corrected chi connectivity index (χ1v) is 11.2. The van der Waals surface area contributed by atoms with Crippen molar-refractivity contribution in [1.82, 2.24) is 14.8 Å². The van der Waals surface area contributed by atoms with E-state index < -0.39 is 0 Å². The number of nitrogens with zero attached hydrogens (tertiary/aromatic N) is 3. The maximum atomic E-state index is 12.3. The standard InChI is InChI=1S/C22H25ClN4O2S/c1-4-16-6-12-19(13-7-16)29-15(3)21-25-26-22(27(21)5-2)30-14-20(28)24-18-10-8-17(23)9-11-18/h6-13,15H,4-5,14H2,1-3H3,(H,24,28)/t15-/m1/s1. The van der Waals surface area contributed by atoms with E-state index in [4.69, 9.17) is 16.3 Å². The Morgan fingerprint density at radius 3 is 2.47 bits per heavy atom. The van der Waals surface area contributed by atoms with Crippen LogP contribution in [0.2, 0.25) is 5.02 Å². The number of hydrogen-bond acceptors (Lipinski definition) is 5. The molecule has 1 heterocycles. The number of halogens is 1. The molecule has 158 valence electrons. The number of ether oxygens (including phenoxy) is 1. The van der Waals surface area contributed by atoms with Gasteiger partial charge in [0.15, 0.2) is 17.1 Å². The van der Waals surface area contributed by atoms with Crippen LogP contribution in [0.25, 0.3) is 0 Å². The second-order valence-corrected chi connectivity index (χ2v) is 8.07. The van der Waals surface area contributed by atoms with E-state index in [9.17, 15) is 4.79 Å². The average molecular weight is 445 g/mol. The number of anilines is 1. The van der Waals surface area contributed by atoms with Gasteiger partial charge in [-0.15, -0.1) is 10.2 Å². The zero-order valence-electron chi connectivity index (χ0n) is 17.3. The lowest BCUT2D eigenvalue weighted by atomic mass is 10.2. The number of nitrogens with one attached hydrogen (secondary N) is 1. The Kier molecular flexibility index (Phi) is 7.76. The molecule has 6 nitrogen and oxygen atoms in total. The van der Waals surface area contributed by atoms with Crippen molar-refractivity contribution in [2.45, 2.75) is 45.0 Å². The fourth-order valence-corrected chi connectivity index (χ4v) is 3.86. The molecule has 0 spiro atoms. The van der Waals surface area contributed by atoms with Gasteiger partial charge in [-0.25, -0.2) is 0 Å². The lowest BCUT2D eigenvalue weighted by Crippen LogP contribution is -2.15. The van der Waals surface area contributed by atoms with Crippen LogP contribution in [-0.4, -0.2) is 26.4 Å². The monoisotopic (exact) mass is 444 g/mol. The molecule has 3 rings (SSSR count). The Bertz CT molecular complexity index is 974. The van der Waals surface area contributed by atoms with Gasteiger partial charge >= 0.3 is 0 Å². The predicted molar refractivity (Wildman–Crippen MR) is 121 cm³/mol. The number of amides is 1. The Labute approximate surface area is 186 Å². The van der Waals surface area contributed by atoms with E-state index in [1.807, 2.05) is 30.5 Å². The van der Waals surface area contributed by atoms with Crippen molar-refractivity contribution < 1.29 is 9.53 Å². The van der Waals surface area contributed by atoms with Gasteiger partial charge in [0.2, 0.25) is 5.91 Å². The summed E-state index contributed by atoms with van der Waals surface area (Å²) in [5.74, 6) is 1.64. The lowest BCUT2D eigenvalue weighted by Gasteiger charge is -2.16. The van der Waals surface area contributed by atoms with Crippen LogP contribution < -0.4 is 10.1 Å². The zero-order valence-corrected chi connectivity index (χ0v) is 18.8. The van der Waals surface area contributed by atoms with E-state index in [1.165, 1.54) is 17.3 Å². The molecule has 0 bridgehead atoms. The van der Waals surface area contributed by atoms with Gasteiger partial charge in [0.1, 0.15) is 5.75 Å². The molecule has 1 aromatic heterocycles. The van der Waals surface area contributed by atoms with Gasteiger partial charge in [0.25, 0.3) is 0 Å². The molecule has 30 heavy (non-hydrogen) atoms. The third-order valence-electron chi connectivity index (χ3n) is 4.53. The summed E-state index contributed by atoms with van der Waals surface area (Å²) in [5.41, 5.74) is 1.97. The molecule has 0 aliphatic carbocycles. The number of carbonyl (C=O) groups is 1. The summed E-state index contributed by atoms with van der Waals surface area (Å²) in [7, 11) is 0. The van der Waals surface area contributed by atoms with Gasteiger partial charge in [-0.05, 0) is 62.2 Å². The zero-order chi connectivity index (χ0) is 21.5. The van der Waals surface area contributed by atoms with Crippen molar-refractivity contribution >= 4 is 35.0 Å². The van der Waals surface area contributed by atoms with Crippen LogP contribution in [0.1, 0.15) is 38.3 Å². The minimum Gasteiger partial charge on any atom is -0.483 e. The summed E-state index contributed by atoms with van der Waals surface area (Å²) < 4.78 is 8.02. The normalized spacial score (nSPS) is 11.9. The van der Waals surface area contributed by atoms with Crippen LogP contribution in [0.5, 0.6) is 5.75 Å². The minimum absolute atomic E-state index is 0.116. The highest BCUT2D eigenvalue weighted by molar-refractivity contribution is 7.99. The highest BCUT2D eigenvalue weighted by atomic mass is 35.5. The summed E-state index contributed by atoms with van der Waals surface area (Å²) in [6.07, 6.45) is 0.730. The third-order valence-corrected chi connectivity index (χ3v) is 5.75. The van der Waals surface area contributed by atoms with Crippen LogP contribution in [0.4, 0.5) is 5.69 Å². The quantitative estimate of drug-likeness (QED) is 0.448. The summed E-state index contributed by atoms with van der Waals surface area (Å²) >= 11 is 7.22. The first-order valence-electron chi connectivity index (χ1n) is 9.87. The van der Waals surface area contributed by atoms with Crippen LogP contribution in [0.3, 0.4) is 0 Å². The molecule has 0 unspecified atom stereocenters. The second kappa shape index (κ2) is 10.5. The Hall–Kier alpha value is -2.51. The maximum absolute atomic E-state index is 12.3. The van der Waals surface area contributed by atoms with Crippen molar-refractivity contribution in [3.05, 3.63) is 64.9 Å². The molecule has 0 saturated heterocycles. The third kappa shape index (κ3) is 5.77. The van der Waals surface area contributed by atoms with Crippen molar-refractivity contribution in [3.63, 3.8) is 0 Å². The van der Waals surface area contributed by atoms with Gasteiger partial charge in [0, 0.05) is 17.3 Å². The molecule has 1 amide bonds. The van der Waals surface area contributed by atoms with E-state index in [2.05, 4.69) is 34.6 Å². The number of benzene rings is 2. The Morgan fingerprint density at radius 1 is 1.13 bits per heavy atom. The first kappa shape index (κ1) is 22.2. The van der Waals surface area contributed by atoms with Gasteiger partial charge < -0.3 is 14.6 Å². The molecule has 0 aliphatic heterocycles. The number of aromatic nitrogens is 3. The van der Waals surface area contributed by atoms with E-state index >= 15 is 0 Å². The number of aryl methyl sites for hydroxylation is 1. The molecule has 1 N–H and O–H groups in total. The SMILES string of the molecule is CCc1ccc(O[C@H](C)c2nnc(SCC(=O)Nc3ccc(Cl)cc3)n2CC)cc1. The number of hydrogen-bond donors (Lipinski definition) is 1. The van der Waals surface area contributed by atoms with Crippen LogP contribution in [0.15, 0.2) is 53.7 Å². The topological polar surface area (TPSA) is 69.0 Å². The lowest BCUT2D eigenvalue weighted by molar-refractivity contribution is -0.113. The maximum Gasteiger partial charge on any atom is 0.234 e. The van der Waals surface area contributed by atoms with E-state index in [0.29, 0.717) is 22.4 Å². The number of carbonyl (C=O) groups excluding carboxylic acids is 1. The highest BCUT2D eigenvalue weighted by Gasteiger charge is 2.19. The Balaban J connectivity index is 1.61. The molecule has 0 saturated carbocycles. The van der Waals surface area contributed by atoms with Crippen molar-refractivity contribution in [2.24, 2.45) is 0 Å². The molecule has 3 aromatic rings. The summed E-state index contributed by atoms with van der Waals surface area (Å²) in [5, 5.41) is 12.7. The van der Waals surface area contributed by atoms with Gasteiger partial charge in [0.05, 0.1) is 5.75 Å². The number of thioether (sulfide) groups is 1. The summed E-state index contributed by atoms with van der Waals surface area (Å²) in [4.78, 5) is 12.3. The van der Waals surface area contributed by atoms with Crippen molar-refractivity contribution in [1.29, 1.82) is 0 Å². The summed E-state index contributed by atoms with van der Waals surface area (Å²) in [6, 6.07) is 15.1. The predicted octanol–water partition coefficient (Wildman–Crippen LogP) is 5.38. The van der Waals surface area contributed by atoms with Gasteiger partial charge in [-0.2, -0.15) is 0 Å². The van der Waals surface area contributed by atoms with Crippen LogP contribution in [-0.2, 0) is 17.8 Å². The minimum atomic E-state index is -0.262.